The van der Waals surface area contributed by atoms with E-state index in [1.165, 1.54) is 37.4 Å². The normalized spacial score (nSPS) is 15.2. The fourth-order valence-corrected chi connectivity index (χ4v) is 5.09. The van der Waals surface area contributed by atoms with Crippen LogP contribution in [0, 0.1) is 0 Å². The molecule has 0 atom stereocenters. The van der Waals surface area contributed by atoms with Crippen molar-refractivity contribution in [3.05, 3.63) is 59.2 Å². The molecular weight excluding hydrogens is 437 g/mol. The van der Waals surface area contributed by atoms with E-state index in [0.717, 1.165) is 21.3 Å². The van der Waals surface area contributed by atoms with E-state index >= 15 is 0 Å². The summed E-state index contributed by atoms with van der Waals surface area (Å²) in [5.74, 6) is -1.74. The smallest absolute Gasteiger partial charge is 0.405 e. The van der Waals surface area contributed by atoms with Gasteiger partial charge in [-0.05, 0) is 38.1 Å². The van der Waals surface area contributed by atoms with Crippen molar-refractivity contribution < 1.29 is 35.9 Å². The summed E-state index contributed by atoms with van der Waals surface area (Å²) in [7, 11) is -2.73. The van der Waals surface area contributed by atoms with Gasteiger partial charge in [0.05, 0.1) is 5.56 Å². The summed E-state index contributed by atoms with van der Waals surface area (Å²) in [6.45, 7) is 2.90. The molecule has 7 nitrogen and oxygen atoms in total. The van der Waals surface area contributed by atoms with Crippen LogP contribution in [0.4, 0.5) is 13.2 Å². The quantitative estimate of drug-likeness (QED) is 0.689. The van der Waals surface area contributed by atoms with Crippen LogP contribution in [0.5, 0.6) is 5.75 Å². The molecule has 0 aromatic heterocycles. The predicted octanol–water partition coefficient (Wildman–Crippen LogP) is 3.41. The van der Waals surface area contributed by atoms with Crippen LogP contribution in [-0.4, -0.2) is 48.9 Å². The number of hydrogen-bond acceptors (Lipinski definition) is 5. The highest BCUT2D eigenvalue weighted by atomic mass is 32.2. The molecule has 11 heteroatoms. The van der Waals surface area contributed by atoms with E-state index in [2.05, 4.69) is 4.74 Å². The molecule has 31 heavy (non-hydrogen) atoms. The van der Waals surface area contributed by atoms with Crippen molar-refractivity contribution in [3.63, 3.8) is 0 Å². The second-order valence-electron chi connectivity index (χ2n) is 7.23. The minimum Gasteiger partial charge on any atom is -0.405 e. The Bertz CT molecular complexity index is 1150. The van der Waals surface area contributed by atoms with Crippen molar-refractivity contribution in [3.8, 4) is 5.75 Å². The van der Waals surface area contributed by atoms with Gasteiger partial charge in [0.1, 0.15) is 10.6 Å². The average Bonchev–Trinajstić information content (AvgIpc) is 2.86. The second kappa shape index (κ2) is 7.88. The standard InChI is InChI=1S/C20H19F3N2O5S/c1-12(2)25-19(27)15-9-8-13(10-17(15)31(25,28)29)18(26)24(3)11-14-6-4-5-7-16(14)30-20(21,22)23/h4-10,12H,11H2,1-3H3. The first-order chi connectivity index (χ1) is 14.3. The van der Waals surface area contributed by atoms with Crippen molar-refractivity contribution in [1.82, 2.24) is 9.21 Å². The van der Waals surface area contributed by atoms with Crippen molar-refractivity contribution in [2.45, 2.75) is 37.7 Å². The number of nitrogens with zero attached hydrogens (tertiary/aromatic N) is 2. The van der Waals surface area contributed by atoms with Crippen LogP contribution in [0.15, 0.2) is 47.4 Å². The maximum absolute atomic E-state index is 12.8. The number of sulfonamides is 1. The largest absolute Gasteiger partial charge is 0.573 e. The lowest BCUT2D eigenvalue weighted by atomic mass is 10.1. The summed E-state index contributed by atoms with van der Waals surface area (Å²) < 4.78 is 68.0. The Kier molecular flexibility index (Phi) is 5.74. The van der Waals surface area contributed by atoms with E-state index in [9.17, 15) is 31.2 Å². The molecule has 2 amide bonds. The van der Waals surface area contributed by atoms with Gasteiger partial charge >= 0.3 is 6.36 Å². The van der Waals surface area contributed by atoms with E-state index < -0.39 is 40.0 Å². The number of alkyl halides is 3. The van der Waals surface area contributed by atoms with Crippen molar-refractivity contribution >= 4 is 21.8 Å². The Morgan fingerprint density at radius 2 is 1.81 bits per heavy atom. The summed E-state index contributed by atoms with van der Waals surface area (Å²) in [4.78, 5) is 26.1. The number of fused-ring (bicyclic) bond motifs is 1. The van der Waals surface area contributed by atoms with E-state index in [1.54, 1.807) is 13.8 Å². The van der Waals surface area contributed by atoms with Crippen LogP contribution in [0.3, 0.4) is 0 Å². The first-order valence-electron chi connectivity index (χ1n) is 9.15. The van der Waals surface area contributed by atoms with Crippen LogP contribution in [-0.2, 0) is 16.6 Å². The first kappa shape index (κ1) is 22.6. The number of benzene rings is 2. The number of amides is 2. The summed E-state index contributed by atoms with van der Waals surface area (Å²) in [5, 5.41) is 0. The maximum atomic E-state index is 12.8. The highest BCUT2D eigenvalue weighted by Gasteiger charge is 2.43. The number of rotatable bonds is 5. The first-order valence-corrected chi connectivity index (χ1v) is 10.6. The van der Waals surface area contributed by atoms with Crippen LogP contribution < -0.4 is 4.74 Å². The van der Waals surface area contributed by atoms with Crippen molar-refractivity contribution in [2.24, 2.45) is 0 Å². The number of ether oxygens (including phenoxy) is 1. The maximum Gasteiger partial charge on any atom is 0.573 e. The Morgan fingerprint density at radius 1 is 1.16 bits per heavy atom. The molecule has 1 aliphatic rings. The Balaban J connectivity index is 1.88. The molecule has 166 valence electrons. The molecule has 0 unspecified atom stereocenters. The fraction of sp³-hybridized carbons (Fsp3) is 0.300. The zero-order valence-corrected chi connectivity index (χ0v) is 17.6. The summed E-state index contributed by atoms with van der Waals surface area (Å²) in [6.07, 6.45) is -4.89. The average molecular weight is 456 g/mol. The predicted molar refractivity (Wildman–Crippen MR) is 104 cm³/mol. The summed E-state index contributed by atoms with van der Waals surface area (Å²) >= 11 is 0. The van der Waals surface area contributed by atoms with Crippen LogP contribution >= 0.6 is 0 Å². The van der Waals surface area contributed by atoms with Gasteiger partial charge < -0.3 is 9.64 Å². The molecule has 0 radical (unpaired) electrons. The molecule has 2 aromatic rings. The van der Waals surface area contributed by atoms with Gasteiger partial charge in [-0.2, -0.15) is 0 Å². The van der Waals surface area contributed by atoms with Gasteiger partial charge in [-0.1, -0.05) is 18.2 Å². The molecule has 0 fully saturated rings. The minimum absolute atomic E-state index is 0.0162. The Morgan fingerprint density at radius 3 is 2.42 bits per heavy atom. The van der Waals surface area contributed by atoms with Gasteiger partial charge in [0.2, 0.25) is 0 Å². The number of carbonyl (C=O) groups is 2. The number of para-hydroxylation sites is 1. The number of carbonyl (C=O) groups excluding carboxylic acids is 2. The Hall–Kier alpha value is -3.08. The number of halogens is 3. The van der Waals surface area contributed by atoms with Gasteiger partial charge in [0, 0.05) is 30.8 Å². The van der Waals surface area contributed by atoms with E-state index in [0.29, 0.717) is 0 Å². The lowest BCUT2D eigenvalue weighted by molar-refractivity contribution is -0.275. The molecule has 1 aliphatic heterocycles. The molecule has 0 N–H and O–H groups in total. The zero-order valence-electron chi connectivity index (χ0n) is 16.8. The topological polar surface area (TPSA) is 84.0 Å². The summed E-state index contributed by atoms with van der Waals surface area (Å²) in [5.41, 5.74) is 0.0693. The van der Waals surface area contributed by atoms with Gasteiger partial charge in [-0.15, -0.1) is 13.2 Å². The molecular formula is C20H19F3N2O5S. The van der Waals surface area contributed by atoms with Crippen LogP contribution in [0.2, 0.25) is 0 Å². The van der Waals surface area contributed by atoms with Crippen LogP contribution in [0.25, 0.3) is 0 Å². The van der Waals surface area contributed by atoms with Gasteiger partial charge in [-0.3, -0.25) is 9.59 Å². The molecule has 2 aromatic carbocycles. The fourth-order valence-electron chi connectivity index (χ4n) is 3.30. The molecule has 0 bridgehead atoms. The van der Waals surface area contributed by atoms with Gasteiger partial charge in [0.15, 0.2) is 0 Å². The van der Waals surface area contributed by atoms with E-state index in [1.807, 2.05) is 0 Å². The van der Waals surface area contributed by atoms with E-state index in [4.69, 9.17) is 0 Å². The van der Waals surface area contributed by atoms with Gasteiger partial charge in [-0.25, -0.2) is 12.7 Å². The molecule has 0 spiro atoms. The monoisotopic (exact) mass is 456 g/mol. The minimum atomic E-state index is -4.89. The zero-order chi connectivity index (χ0) is 23.1. The molecule has 0 aliphatic carbocycles. The molecule has 0 saturated heterocycles. The van der Waals surface area contributed by atoms with Crippen molar-refractivity contribution in [2.75, 3.05) is 7.05 Å². The highest BCUT2D eigenvalue weighted by Crippen LogP contribution is 2.33. The third kappa shape index (κ3) is 4.36. The van der Waals surface area contributed by atoms with E-state index in [-0.39, 0.29) is 28.1 Å². The van der Waals surface area contributed by atoms with Gasteiger partial charge in [0.25, 0.3) is 21.8 Å². The number of hydrogen-bond donors (Lipinski definition) is 0. The summed E-state index contributed by atoms with van der Waals surface area (Å²) in [6, 6.07) is 8.48. The Labute approximate surface area is 177 Å². The third-order valence-corrected chi connectivity index (χ3v) is 6.62. The SMILES string of the molecule is CC(C)N1C(=O)c2ccc(C(=O)N(C)Cc3ccccc3OC(F)(F)F)cc2S1(=O)=O. The van der Waals surface area contributed by atoms with Crippen LogP contribution in [0.1, 0.15) is 40.1 Å². The third-order valence-electron chi connectivity index (χ3n) is 4.62. The lowest BCUT2D eigenvalue weighted by Crippen LogP contribution is -2.36. The molecule has 0 saturated carbocycles. The molecule has 3 rings (SSSR count). The second-order valence-corrected chi connectivity index (χ2v) is 9.01. The van der Waals surface area contributed by atoms with Crippen molar-refractivity contribution in [1.29, 1.82) is 0 Å². The lowest BCUT2D eigenvalue weighted by Gasteiger charge is -2.20. The molecule has 1 heterocycles. The highest BCUT2D eigenvalue weighted by molar-refractivity contribution is 7.90.